The molecule has 0 heterocycles. The van der Waals surface area contributed by atoms with Crippen LogP contribution < -0.4 is 15.8 Å². The fourth-order valence-corrected chi connectivity index (χ4v) is 1.26. The second-order valence-electron chi connectivity index (χ2n) is 3.48. The summed E-state index contributed by atoms with van der Waals surface area (Å²) in [6.07, 6.45) is -4.18. The topological polar surface area (TPSA) is 64.4 Å². The number of anilines is 1. The number of halogens is 3. The zero-order chi connectivity index (χ0) is 13.6. The highest BCUT2D eigenvalue weighted by Crippen LogP contribution is 2.29. The minimum absolute atomic E-state index is 0.0168. The Morgan fingerprint density at radius 1 is 1.33 bits per heavy atom. The summed E-state index contributed by atoms with van der Waals surface area (Å²) in [6.45, 7) is 0.341. The number of hydrogen-bond donors (Lipinski definition) is 2. The summed E-state index contributed by atoms with van der Waals surface area (Å²) in [5.41, 5.74) is 5.21. The summed E-state index contributed by atoms with van der Waals surface area (Å²) in [5, 5.41) is 2.35. The Balaban J connectivity index is 2.73. The molecule has 100 valence electrons. The van der Waals surface area contributed by atoms with Crippen LogP contribution in [0.15, 0.2) is 24.3 Å². The van der Waals surface area contributed by atoms with Crippen LogP contribution in [0.1, 0.15) is 12.8 Å². The van der Waals surface area contributed by atoms with E-state index in [0.717, 1.165) is 6.07 Å². The Labute approximate surface area is 102 Å². The minimum Gasteiger partial charge on any atom is -0.404 e. The van der Waals surface area contributed by atoms with Gasteiger partial charge in [0.1, 0.15) is 0 Å². The predicted molar refractivity (Wildman–Crippen MR) is 60.0 cm³/mol. The van der Waals surface area contributed by atoms with Crippen LogP contribution in [-0.2, 0) is 4.79 Å². The number of para-hydroxylation sites is 2. The van der Waals surface area contributed by atoms with E-state index in [1.165, 1.54) is 18.2 Å². The number of nitrogens with one attached hydrogen (secondary N) is 1. The van der Waals surface area contributed by atoms with Crippen molar-refractivity contribution in [1.29, 1.82) is 0 Å². The maximum absolute atomic E-state index is 12.1. The molecule has 3 N–H and O–H groups in total. The minimum atomic E-state index is -4.79. The fraction of sp³-hybridized carbons (Fsp3) is 0.364. The standard InChI is InChI=1S/C11H13F3N2O2/c12-11(13,14)18-9-5-2-1-4-8(9)16-10(17)6-3-7-15/h1-2,4-5H,3,6-7,15H2,(H,16,17). The van der Waals surface area contributed by atoms with Gasteiger partial charge in [0.15, 0.2) is 5.75 Å². The summed E-state index contributed by atoms with van der Waals surface area (Å²) < 4.78 is 40.1. The van der Waals surface area contributed by atoms with Crippen LogP contribution in [0.25, 0.3) is 0 Å². The third-order valence-electron chi connectivity index (χ3n) is 1.99. The molecule has 0 aliphatic heterocycles. The molecule has 0 aliphatic carbocycles. The Morgan fingerprint density at radius 2 is 2.00 bits per heavy atom. The molecule has 4 nitrogen and oxygen atoms in total. The van der Waals surface area contributed by atoms with Crippen LogP contribution >= 0.6 is 0 Å². The van der Waals surface area contributed by atoms with Gasteiger partial charge in [-0.1, -0.05) is 12.1 Å². The number of nitrogens with two attached hydrogens (primary N) is 1. The zero-order valence-electron chi connectivity index (χ0n) is 9.46. The van der Waals surface area contributed by atoms with Crippen molar-refractivity contribution in [1.82, 2.24) is 0 Å². The van der Waals surface area contributed by atoms with Gasteiger partial charge in [-0.15, -0.1) is 13.2 Å². The van der Waals surface area contributed by atoms with Gasteiger partial charge in [0.25, 0.3) is 0 Å². The van der Waals surface area contributed by atoms with Gasteiger partial charge >= 0.3 is 6.36 Å². The van der Waals surface area contributed by atoms with Crippen molar-refractivity contribution in [3.05, 3.63) is 24.3 Å². The van der Waals surface area contributed by atoms with Crippen LogP contribution in [0.3, 0.4) is 0 Å². The molecule has 0 saturated heterocycles. The molecule has 7 heteroatoms. The first-order valence-corrected chi connectivity index (χ1v) is 5.27. The van der Waals surface area contributed by atoms with Crippen molar-refractivity contribution in [3.8, 4) is 5.75 Å². The van der Waals surface area contributed by atoms with Crippen molar-refractivity contribution in [2.75, 3.05) is 11.9 Å². The van der Waals surface area contributed by atoms with Gasteiger partial charge in [-0.3, -0.25) is 4.79 Å². The van der Waals surface area contributed by atoms with Crippen molar-refractivity contribution in [2.24, 2.45) is 5.73 Å². The molecule has 0 atom stereocenters. The Hall–Kier alpha value is -1.76. The van der Waals surface area contributed by atoms with Gasteiger partial charge in [-0.25, -0.2) is 0 Å². The smallest absolute Gasteiger partial charge is 0.404 e. The lowest BCUT2D eigenvalue weighted by atomic mass is 10.2. The number of alkyl halides is 3. The van der Waals surface area contributed by atoms with E-state index in [9.17, 15) is 18.0 Å². The monoisotopic (exact) mass is 262 g/mol. The first-order chi connectivity index (χ1) is 8.42. The molecule has 0 saturated carbocycles. The summed E-state index contributed by atoms with van der Waals surface area (Å²) >= 11 is 0. The van der Waals surface area contributed by atoms with Crippen LogP contribution in [0.5, 0.6) is 5.75 Å². The number of rotatable bonds is 5. The Bertz CT molecular complexity index is 408. The number of ether oxygens (including phenoxy) is 1. The number of carbonyl (C=O) groups excluding carboxylic acids is 1. The molecule has 1 amide bonds. The molecule has 0 radical (unpaired) electrons. The molecule has 0 spiro atoms. The molecular weight excluding hydrogens is 249 g/mol. The molecule has 1 aromatic carbocycles. The summed E-state index contributed by atoms with van der Waals surface area (Å²) in [7, 11) is 0. The number of benzene rings is 1. The van der Waals surface area contributed by atoms with Crippen molar-refractivity contribution in [2.45, 2.75) is 19.2 Å². The Morgan fingerprint density at radius 3 is 2.61 bits per heavy atom. The SMILES string of the molecule is NCCCC(=O)Nc1ccccc1OC(F)(F)F. The van der Waals surface area contributed by atoms with Gasteiger partial charge in [0, 0.05) is 6.42 Å². The maximum atomic E-state index is 12.1. The van der Waals surface area contributed by atoms with Gasteiger partial charge in [-0.05, 0) is 25.1 Å². The predicted octanol–water partition coefficient (Wildman–Crippen LogP) is 2.26. The summed E-state index contributed by atoms with van der Waals surface area (Å²) in [6, 6.07) is 5.35. The van der Waals surface area contributed by atoms with Gasteiger partial charge < -0.3 is 15.8 Å². The first kappa shape index (κ1) is 14.3. The fourth-order valence-electron chi connectivity index (χ4n) is 1.26. The molecule has 1 aromatic rings. The second-order valence-corrected chi connectivity index (χ2v) is 3.48. The van der Waals surface area contributed by atoms with Crippen molar-refractivity contribution in [3.63, 3.8) is 0 Å². The Kier molecular flexibility index (Phi) is 4.96. The first-order valence-electron chi connectivity index (χ1n) is 5.27. The lowest BCUT2D eigenvalue weighted by Gasteiger charge is -2.13. The third kappa shape index (κ3) is 5.05. The molecule has 0 unspecified atom stereocenters. The average molecular weight is 262 g/mol. The quantitative estimate of drug-likeness (QED) is 0.855. The van der Waals surface area contributed by atoms with E-state index in [2.05, 4.69) is 10.1 Å². The molecule has 0 aromatic heterocycles. The lowest BCUT2D eigenvalue weighted by Crippen LogP contribution is -2.19. The third-order valence-corrected chi connectivity index (χ3v) is 1.99. The van der Waals surface area contributed by atoms with Crippen LogP contribution in [-0.4, -0.2) is 18.8 Å². The largest absolute Gasteiger partial charge is 0.573 e. The van der Waals surface area contributed by atoms with E-state index in [4.69, 9.17) is 5.73 Å². The molecular formula is C11H13F3N2O2. The highest BCUT2D eigenvalue weighted by atomic mass is 19.4. The summed E-state index contributed by atoms with van der Waals surface area (Å²) in [5.74, 6) is -0.843. The number of carbonyl (C=O) groups is 1. The average Bonchev–Trinajstić information content (AvgIpc) is 2.27. The zero-order valence-corrected chi connectivity index (χ0v) is 9.46. The maximum Gasteiger partial charge on any atom is 0.573 e. The summed E-state index contributed by atoms with van der Waals surface area (Å²) in [4.78, 5) is 11.4. The molecule has 18 heavy (non-hydrogen) atoms. The van der Waals surface area contributed by atoms with Crippen molar-refractivity contribution < 1.29 is 22.7 Å². The van der Waals surface area contributed by atoms with E-state index in [1.54, 1.807) is 0 Å². The van der Waals surface area contributed by atoms with Gasteiger partial charge in [0.05, 0.1) is 5.69 Å². The van der Waals surface area contributed by atoms with Gasteiger partial charge in [-0.2, -0.15) is 0 Å². The molecule has 0 fully saturated rings. The normalized spacial score (nSPS) is 11.1. The van der Waals surface area contributed by atoms with Crippen LogP contribution in [0, 0.1) is 0 Å². The highest BCUT2D eigenvalue weighted by Gasteiger charge is 2.32. The van der Waals surface area contributed by atoms with E-state index < -0.39 is 18.0 Å². The van der Waals surface area contributed by atoms with E-state index in [0.29, 0.717) is 13.0 Å². The second kappa shape index (κ2) is 6.25. The number of amides is 1. The number of hydrogen-bond acceptors (Lipinski definition) is 3. The van der Waals surface area contributed by atoms with Crippen LogP contribution in [0.4, 0.5) is 18.9 Å². The molecule has 0 aliphatic rings. The van der Waals surface area contributed by atoms with E-state index in [-0.39, 0.29) is 12.1 Å². The molecule has 1 rings (SSSR count). The highest BCUT2D eigenvalue weighted by molar-refractivity contribution is 5.92. The lowest BCUT2D eigenvalue weighted by molar-refractivity contribution is -0.274. The van der Waals surface area contributed by atoms with Crippen molar-refractivity contribution >= 4 is 11.6 Å². The molecule has 0 bridgehead atoms. The van der Waals surface area contributed by atoms with Gasteiger partial charge in [0.2, 0.25) is 5.91 Å². The van der Waals surface area contributed by atoms with Crippen LogP contribution in [0.2, 0.25) is 0 Å². The van der Waals surface area contributed by atoms with E-state index >= 15 is 0 Å². The van der Waals surface area contributed by atoms with E-state index in [1.807, 2.05) is 0 Å².